The van der Waals surface area contributed by atoms with Crippen LogP contribution in [0.2, 0.25) is 5.02 Å². The quantitative estimate of drug-likeness (QED) is 0.772. The molecule has 0 N–H and O–H groups in total. The SMILES string of the molecule is Clc1ccc(C=CCCN2CCCCC2)cc1. The van der Waals surface area contributed by atoms with Crippen molar-refractivity contribution in [3.63, 3.8) is 0 Å². The number of halogens is 1. The summed E-state index contributed by atoms with van der Waals surface area (Å²) < 4.78 is 0. The van der Waals surface area contributed by atoms with Crippen LogP contribution in [0.5, 0.6) is 0 Å². The molecule has 1 fully saturated rings. The number of rotatable bonds is 4. The fraction of sp³-hybridized carbons (Fsp3) is 0.467. The lowest BCUT2D eigenvalue weighted by molar-refractivity contribution is 0.233. The van der Waals surface area contributed by atoms with Gasteiger partial charge in [-0.2, -0.15) is 0 Å². The molecule has 0 radical (unpaired) electrons. The molecule has 1 aliphatic heterocycles. The van der Waals surface area contributed by atoms with Crippen molar-refractivity contribution in [3.05, 3.63) is 40.9 Å². The summed E-state index contributed by atoms with van der Waals surface area (Å²) in [5, 5.41) is 0.801. The Kier molecular flexibility index (Phi) is 5.08. The summed E-state index contributed by atoms with van der Waals surface area (Å²) in [6.45, 7) is 3.77. The van der Waals surface area contributed by atoms with Crippen molar-refractivity contribution in [3.8, 4) is 0 Å². The average Bonchev–Trinajstić information content (AvgIpc) is 2.38. The van der Waals surface area contributed by atoms with Crippen LogP contribution in [0, 0.1) is 0 Å². The Hall–Kier alpha value is -0.790. The van der Waals surface area contributed by atoms with Gasteiger partial charge in [-0.15, -0.1) is 0 Å². The third-order valence-corrected chi connectivity index (χ3v) is 3.49. The van der Waals surface area contributed by atoms with Crippen LogP contribution >= 0.6 is 11.6 Å². The summed E-state index contributed by atoms with van der Waals surface area (Å²) in [6, 6.07) is 7.98. The Balaban J connectivity index is 1.72. The van der Waals surface area contributed by atoms with Crippen LogP contribution in [0.25, 0.3) is 6.08 Å². The number of hydrogen-bond donors (Lipinski definition) is 0. The van der Waals surface area contributed by atoms with E-state index in [4.69, 9.17) is 11.6 Å². The van der Waals surface area contributed by atoms with E-state index in [2.05, 4.69) is 29.2 Å². The van der Waals surface area contributed by atoms with Gasteiger partial charge in [-0.25, -0.2) is 0 Å². The molecule has 1 aliphatic rings. The summed E-state index contributed by atoms with van der Waals surface area (Å²) in [5.74, 6) is 0. The van der Waals surface area contributed by atoms with Crippen LogP contribution in [-0.2, 0) is 0 Å². The Morgan fingerprint density at radius 1 is 1.06 bits per heavy atom. The molecule has 1 aromatic carbocycles. The second-order valence-electron chi connectivity index (χ2n) is 4.64. The minimum atomic E-state index is 0.801. The molecule has 0 saturated carbocycles. The van der Waals surface area contributed by atoms with Crippen molar-refractivity contribution in [2.45, 2.75) is 25.7 Å². The molecular weight excluding hydrogens is 230 g/mol. The smallest absolute Gasteiger partial charge is 0.0406 e. The van der Waals surface area contributed by atoms with Crippen LogP contribution < -0.4 is 0 Å². The van der Waals surface area contributed by atoms with Crippen molar-refractivity contribution in [1.82, 2.24) is 4.90 Å². The van der Waals surface area contributed by atoms with E-state index < -0.39 is 0 Å². The van der Waals surface area contributed by atoms with E-state index in [-0.39, 0.29) is 0 Å². The first kappa shape index (κ1) is 12.7. The number of nitrogens with zero attached hydrogens (tertiary/aromatic N) is 1. The summed E-state index contributed by atoms with van der Waals surface area (Å²) in [7, 11) is 0. The minimum Gasteiger partial charge on any atom is -0.303 e. The highest BCUT2D eigenvalue weighted by Gasteiger charge is 2.07. The highest BCUT2D eigenvalue weighted by Crippen LogP contribution is 2.12. The van der Waals surface area contributed by atoms with Gasteiger partial charge in [0.05, 0.1) is 0 Å². The van der Waals surface area contributed by atoms with Crippen LogP contribution in [0.15, 0.2) is 30.3 Å². The number of hydrogen-bond acceptors (Lipinski definition) is 1. The molecule has 0 aliphatic carbocycles. The van der Waals surface area contributed by atoms with Gasteiger partial charge in [-0.1, -0.05) is 42.3 Å². The fourth-order valence-corrected chi connectivity index (χ4v) is 2.36. The van der Waals surface area contributed by atoms with Gasteiger partial charge in [0.25, 0.3) is 0 Å². The zero-order chi connectivity index (χ0) is 11.9. The van der Waals surface area contributed by atoms with Crippen molar-refractivity contribution in [1.29, 1.82) is 0 Å². The van der Waals surface area contributed by atoms with Crippen LogP contribution in [0.1, 0.15) is 31.2 Å². The normalized spacial score (nSPS) is 17.7. The Labute approximate surface area is 109 Å². The van der Waals surface area contributed by atoms with Gasteiger partial charge in [0.15, 0.2) is 0 Å². The molecule has 92 valence electrons. The molecule has 0 amide bonds. The second kappa shape index (κ2) is 6.83. The topological polar surface area (TPSA) is 3.24 Å². The van der Waals surface area contributed by atoms with Gasteiger partial charge in [-0.05, 0) is 50.0 Å². The molecular formula is C15H20ClN. The van der Waals surface area contributed by atoms with Gasteiger partial charge in [0.2, 0.25) is 0 Å². The maximum Gasteiger partial charge on any atom is 0.0406 e. The zero-order valence-electron chi connectivity index (χ0n) is 10.2. The van der Waals surface area contributed by atoms with Crippen LogP contribution in [0.3, 0.4) is 0 Å². The predicted octanol–water partition coefficient (Wildman–Crippen LogP) is 4.23. The van der Waals surface area contributed by atoms with E-state index in [1.165, 1.54) is 44.5 Å². The zero-order valence-corrected chi connectivity index (χ0v) is 11.0. The molecule has 0 bridgehead atoms. The largest absolute Gasteiger partial charge is 0.303 e. The first-order valence-electron chi connectivity index (χ1n) is 6.49. The first-order chi connectivity index (χ1) is 8.34. The average molecular weight is 250 g/mol. The molecule has 2 rings (SSSR count). The molecule has 1 aromatic rings. The molecule has 2 heteroatoms. The number of piperidine rings is 1. The molecule has 17 heavy (non-hydrogen) atoms. The molecule has 1 heterocycles. The third kappa shape index (κ3) is 4.53. The lowest BCUT2D eigenvalue weighted by Gasteiger charge is -2.25. The van der Waals surface area contributed by atoms with Gasteiger partial charge in [0.1, 0.15) is 0 Å². The van der Waals surface area contributed by atoms with Crippen molar-refractivity contribution in [2.24, 2.45) is 0 Å². The van der Waals surface area contributed by atoms with Gasteiger partial charge >= 0.3 is 0 Å². The fourth-order valence-electron chi connectivity index (χ4n) is 2.23. The maximum atomic E-state index is 5.84. The highest BCUT2D eigenvalue weighted by molar-refractivity contribution is 6.30. The third-order valence-electron chi connectivity index (χ3n) is 3.24. The van der Waals surface area contributed by atoms with Crippen molar-refractivity contribution < 1.29 is 0 Å². The molecule has 1 nitrogen and oxygen atoms in total. The van der Waals surface area contributed by atoms with Crippen LogP contribution in [0.4, 0.5) is 0 Å². The maximum absolute atomic E-state index is 5.84. The lowest BCUT2D eigenvalue weighted by atomic mass is 10.1. The Morgan fingerprint density at radius 3 is 2.47 bits per heavy atom. The predicted molar refractivity (Wildman–Crippen MR) is 75.4 cm³/mol. The summed E-state index contributed by atoms with van der Waals surface area (Å²) in [6.07, 6.45) is 9.75. The first-order valence-corrected chi connectivity index (χ1v) is 6.87. The standard InChI is InChI=1S/C15H20ClN/c16-15-9-7-14(8-10-15)6-2-5-13-17-11-3-1-4-12-17/h2,6-10H,1,3-5,11-13H2. The Morgan fingerprint density at radius 2 is 1.76 bits per heavy atom. The monoisotopic (exact) mass is 249 g/mol. The molecule has 0 aromatic heterocycles. The van der Waals surface area contributed by atoms with Crippen LogP contribution in [-0.4, -0.2) is 24.5 Å². The summed E-state index contributed by atoms with van der Waals surface area (Å²) in [5.41, 5.74) is 1.23. The number of benzene rings is 1. The Bertz CT molecular complexity index is 350. The van der Waals surface area contributed by atoms with E-state index in [0.717, 1.165) is 11.4 Å². The van der Waals surface area contributed by atoms with Gasteiger partial charge in [0, 0.05) is 11.6 Å². The highest BCUT2D eigenvalue weighted by atomic mass is 35.5. The van der Waals surface area contributed by atoms with Gasteiger partial charge in [-0.3, -0.25) is 0 Å². The van der Waals surface area contributed by atoms with Gasteiger partial charge < -0.3 is 4.90 Å². The molecule has 0 unspecified atom stereocenters. The lowest BCUT2D eigenvalue weighted by Crippen LogP contribution is -2.30. The van der Waals surface area contributed by atoms with Crippen molar-refractivity contribution in [2.75, 3.05) is 19.6 Å². The van der Waals surface area contributed by atoms with Crippen molar-refractivity contribution >= 4 is 17.7 Å². The molecule has 0 spiro atoms. The minimum absolute atomic E-state index is 0.801. The second-order valence-corrected chi connectivity index (χ2v) is 5.08. The number of likely N-dealkylation sites (tertiary alicyclic amines) is 1. The molecule has 0 atom stereocenters. The summed E-state index contributed by atoms with van der Waals surface area (Å²) >= 11 is 5.84. The van der Waals surface area contributed by atoms with E-state index >= 15 is 0 Å². The van der Waals surface area contributed by atoms with E-state index in [1.807, 2.05) is 12.1 Å². The van der Waals surface area contributed by atoms with E-state index in [1.54, 1.807) is 0 Å². The molecule has 1 saturated heterocycles. The van der Waals surface area contributed by atoms with E-state index in [0.29, 0.717) is 0 Å². The summed E-state index contributed by atoms with van der Waals surface area (Å²) in [4.78, 5) is 2.57. The van der Waals surface area contributed by atoms with E-state index in [9.17, 15) is 0 Å².